The van der Waals surface area contributed by atoms with Crippen molar-refractivity contribution in [1.29, 1.82) is 0 Å². The van der Waals surface area contributed by atoms with Crippen LogP contribution in [0.15, 0.2) is 30.6 Å². The van der Waals surface area contributed by atoms with E-state index < -0.39 is 4.92 Å². The first kappa shape index (κ1) is 10.2. The zero-order valence-corrected chi connectivity index (χ0v) is 7.31. The van der Waals surface area contributed by atoms with Gasteiger partial charge in [-0.05, 0) is 18.6 Å². The van der Waals surface area contributed by atoms with E-state index in [1.54, 1.807) is 0 Å². The summed E-state index contributed by atoms with van der Waals surface area (Å²) in [4.78, 5) is 10.0. The third kappa shape index (κ3) is 2.29. The van der Waals surface area contributed by atoms with E-state index >= 15 is 0 Å². The van der Waals surface area contributed by atoms with Crippen LogP contribution in [0, 0.1) is 10.1 Å². The van der Waals surface area contributed by atoms with Crippen molar-refractivity contribution in [2.75, 3.05) is 5.73 Å². The molecule has 0 aliphatic heterocycles. The minimum absolute atomic E-state index is 0.0442. The molecule has 0 heterocycles. The first-order valence-electron chi connectivity index (χ1n) is 3.93. The van der Waals surface area contributed by atoms with Gasteiger partial charge in [-0.1, -0.05) is 6.08 Å². The van der Waals surface area contributed by atoms with E-state index in [1.807, 2.05) is 0 Å². The second kappa shape index (κ2) is 4.36. The smallest absolute Gasteiger partial charge is 0.273 e. The summed E-state index contributed by atoms with van der Waals surface area (Å²) in [5.74, 6) is 0. The highest BCUT2D eigenvalue weighted by molar-refractivity contribution is 5.51. The van der Waals surface area contributed by atoms with Crippen LogP contribution in [0.2, 0.25) is 0 Å². The van der Waals surface area contributed by atoms with Crippen molar-refractivity contribution in [3.63, 3.8) is 0 Å². The Morgan fingerprint density at radius 3 is 2.86 bits per heavy atom. The summed E-state index contributed by atoms with van der Waals surface area (Å²) < 4.78 is 11.7. The molecule has 0 radical (unpaired) electrons. The van der Waals surface area contributed by atoms with Gasteiger partial charge in [0.05, 0.1) is 11.3 Å². The van der Waals surface area contributed by atoms with Gasteiger partial charge in [-0.15, -0.1) is 0 Å². The topological polar surface area (TPSA) is 69.2 Å². The van der Waals surface area contributed by atoms with E-state index in [0.717, 1.165) is 0 Å². The lowest BCUT2D eigenvalue weighted by Crippen LogP contribution is -1.96. The Kier molecular flexibility index (Phi) is 3.17. The highest BCUT2D eigenvalue weighted by Gasteiger charge is 2.11. The number of anilines is 1. The molecule has 4 nitrogen and oxygen atoms in total. The van der Waals surface area contributed by atoms with Crippen molar-refractivity contribution in [1.82, 2.24) is 0 Å². The molecule has 0 saturated carbocycles. The molecule has 1 aromatic rings. The number of benzene rings is 1. The molecule has 0 amide bonds. The summed E-state index contributed by atoms with van der Waals surface area (Å²) in [5, 5.41) is 10.5. The summed E-state index contributed by atoms with van der Waals surface area (Å²) in [5.41, 5.74) is 6.25. The zero-order chi connectivity index (χ0) is 10.6. The summed E-state index contributed by atoms with van der Waals surface area (Å²) in [7, 11) is 0. The number of nitrogens with two attached hydrogens (primary N) is 1. The first-order valence-corrected chi connectivity index (χ1v) is 3.93. The molecule has 0 aliphatic rings. The van der Waals surface area contributed by atoms with E-state index in [9.17, 15) is 14.5 Å². The van der Waals surface area contributed by atoms with Gasteiger partial charge in [0.1, 0.15) is 0 Å². The van der Waals surface area contributed by atoms with Gasteiger partial charge in [-0.2, -0.15) is 0 Å². The minimum atomic E-state index is -0.513. The van der Waals surface area contributed by atoms with Gasteiger partial charge in [0.15, 0.2) is 0 Å². The van der Waals surface area contributed by atoms with Crippen molar-refractivity contribution < 1.29 is 9.31 Å². The third-order valence-electron chi connectivity index (χ3n) is 1.73. The maximum atomic E-state index is 11.7. The molecule has 0 saturated heterocycles. The van der Waals surface area contributed by atoms with Crippen LogP contribution in [-0.2, 0) is 6.42 Å². The van der Waals surface area contributed by atoms with Crippen LogP contribution < -0.4 is 5.73 Å². The summed E-state index contributed by atoms with van der Waals surface area (Å²) in [6.45, 7) is 0. The number of allylic oxidation sites excluding steroid dienone is 1. The Morgan fingerprint density at radius 2 is 2.29 bits per heavy atom. The fourth-order valence-corrected chi connectivity index (χ4v) is 1.12. The molecule has 2 N–H and O–H groups in total. The van der Waals surface area contributed by atoms with Crippen molar-refractivity contribution in [2.24, 2.45) is 0 Å². The van der Waals surface area contributed by atoms with E-state index in [-0.39, 0.29) is 12.1 Å². The largest absolute Gasteiger partial charge is 0.399 e. The van der Waals surface area contributed by atoms with Gasteiger partial charge < -0.3 is 5.73 Å². The number of nitro benzene ring substituents is 1. The number of nitrogen functional groups attached to an aromatic ring is 1. The number of rotatable bonds is 3. The molecule has 0 unspecified atom stereocenters. The van der Waals surface area contributed by atoms with Crippen LogP contribution in [-0.4, -0.2) is 4.92 Å². The molecule has 0 aliphatic carbocycles. The fraction of sp³-hybridized carbons (Fsp3) is 0.111. The zero-order valence-electron chi connectivity index (χ0n) is 7.31. The molecule has 1 aromatic carbocycles. The second-order valence-corrected chi connectivity index (χ2v) is 2.71. The summed E-state index contributed by atoms with van der Waals surface area (Å²) in [6.07, 6.45) is 1.71. The van der Waals surface area contributed by atoms with Crippen LogP contribution >= 0.6 is 0 Å². The molecule has 0 aromatic heterocycles. The standard InChI is InChI=1S/C9H9FN2O2/c10-5-1-2-7-6-8(11)3-4-9(7)12(13)14/h1,3-6H,2,11H2. The Balaban J connectivity index is 3.09. The summed E-state index contributed by atoms with van der Waals surface area (Å²) in [6, 6.07) is 4.23. The fourth-order valence-electron chi connectivity index (χ4n) is 1.12. The lowest BCUT2D eigenvalue weighted by atomic mass is 10.1. The average molecular weight is 196 g/mol. The van der Waals surface area contributed by atoms with Gasteiger partial charge in [0, 0.05) is 17.3 Å². The van der Waals surface area contributed by atoms with E-state index in [2.05, 4.69) is 0 Å². The van der Waals surface area contributed by atoms with Gasteiger partial charge in [0.25, 0.3) is 5.69 Å². The molecular weight excluding hydrogens is 187 g/mol. The van der Waals surface area contributed by atoms with Crippen molar-refractivity contribution >= 4 is 11.4 Å². The Bertz CT molecular complexity index is 377. The van der Waals surface area contributed by atoms with Crippen LogP contribution in [0.3, 0.4) is 0 Å². The van der Waals surface area contributed by atoms with Crippen LogP contribution in [0.5, 0.6) is 0 Å². The third-order valence-corrected chi connectivity index (χ3v) is 1.73. The average Bonchev–Trinajstić information content (AvgIpc) is 2.14. The molecule has 0 atom stereocenters. The number of halogens is 1. The molecule has 1 rings (SSSR count). The first-order chi connectivity index (χ1) is 6.65. The molecular formula is C9H9FN2O2. The lowest BCUT2D eigenvalue weighted by molar-refractivity contribution is -0.385. The van der Waals surface area contributed by atoms with Gasteiger partial charge in [0.2, 0.25) is 0 Å². The molecule has 0 spiro atoms. The monoisotopic (exact) mass is 196 g/mol. The van der Waals surface area contributed by atoms with Crippen molar-refractivity contribution in [3.8, 4) is 0 Å². The number of hydrogen-bond acceptors (Lipinski definition) is 3. The number of nitro groups is 1. The molecule has 0 fully saturated rings. The van der Waals surface area contributed by atoms with Gasteiger partial charge in [-0.25, -0.2) is 4.39 Å². The van der Waals surface area contributed by atoms with Gasteiger partial charge >= 0.3 is 0 Å². The lowest BCUT2D eigenvalue weighted by Gasteiger charge is -2.00. The SMILES string of the molecule is Nc1ccc([N+](=O)[O-])c(CC=CF)c1. The normalized spacial score (nSPS) is 10.6. The molecule has 5 heteroatoms. The maximum absolute atomic E-state index is 11.7. The molecule has 14 heavy (non-hydrogen) atoms. The highest BCUT2D eigenvalue weighted by Crippen LogP contribution is 2.21. The molecule has 74 valence electrons. The predicted octanol–water partition coefficient (Wildman–Crippen LogP) is 2.20. The predicted molar refractivity (Wildman–Crippen MR) is 51.5 cm³/mol. The number of hydrogen-bond donors (Lipinski definition) is 1. The number of nitrogens with zero attached hydrogens (tertiary/aromatic N) is 1. The van der Waals surface area contributed by atoms with E-state index in [4.69, 9.17) is 5.73 Å². The van der Waals surface area contributed by atoms with E-state index in [1.165, 1.54) is 24.3 Å². The van der Waals surface area contributed by atoms with E-state index in [0.29, 0.717) is 17.6 Å². The Morgan fingerprint density at radius 1 is 1.57 bits per heavy atom. The van der Waals surface area contributed by atoms with Crippen molar-refractivity contribution in [2.45, 2.75) is 6.42 Å². The highest BCUT2D eigenvalue weighted by atomic mass is 19.1. The molecule has 0 bridgehead atoms. The maximum Gasteiger partial charge on any atom is 0.273 e. The Labute approximate surface area is 80.0 Å². The second-order valence-electron chi connectivity index (χ2n) is 2.71. The van der Waals surface area contributed by atoms with Gasteiger partial charge in [-0.3, -0.25) is 10.1 Å². The van der Waals surface area contributed by atoms with Crippen LogP contribution in [0.4, 0.5) is 15.8 Å². The van der Waals surface area contributed by atoms with Crippen molar-refractivity contribution in [3.05, 3.63) is 46.3 Å². The van der Waals surface area contributed by atoms with Crippen LogP contribution in [0.25, 0.3) is 0 Å². The summed E-state index contributed by atoms with van der Waals surface area (Å²) >= 11 is 0. The Hall–Kier alpha value is -1.91. The van der Waals surface area contributed by atoms with Crippen LogP contribution in [0.1, 0.15) is 5.56 Å². The minimum Gasteiger partial charge on any atom is -0.399 e. The quantitative estimate of drug-likeness (QED) is 0.457.